The lowest BCUT2D eigenvalue weighted by molar-refractivity contribution is -0.138. The number of nitrogens with zero attached hydrogens (tertiary/aromatic N) is 1. The minimum Gasteiger partial charge on any atom is -0.481 e. The van der Waals surface area contributed by atoms with Crippen LogP contribution in [0.2, 0.25) is 0 Å². The monoisotopic (exact) mass is 446 g/mol. The van der Waals surface area contributed by atoms with E-state index in [-0.39, 0.29) is 37.3 Å². The van der Waals surface area contributed by atoms with Crippen molar-refractivity contribution in [1.82, 2.24) is 10.2 Å². The van der Waals surface area contributed by atoms with E-state index < -0.39 is 18.1 Å². The van der Waals surface area contributed by atoms with Gasteiger partial charge in [-0.2, -0.15) is 0 Å². The molecule has 7 nitrogen and oxygen atoms in total. The molecule has 2 aliphatic rings. The van der Waals surface area contributed by atoms with E-state index in [1.165, 1.54) is 4.90 Å². The standard InChI is InChI=1S/C26H26N2O5/c1-2-17-8-7-15-28(17)25(31)23(13-14-24(29)30)27-26(32)33-16-22-20-11-5-3-9-18(20)19-10-4-6-12-21(19)22/h1,3-6,9-12,17,22-23H,7-8,13-16H2,(H,27,32)(H,29,30). The van der Waals surface area contributed by atoms with Crippen LogP contribution in [0.15, 0.2) is 48.5 Å². The fourth-order valence-corrected chi connectivity index (χ4v) is 4.71. The zero-order chi connectivity index (χ0) is 23.4. The average molecular weight is 447 g/mol. The molecule has 0 radical (unpaired) electrons. The van der Waals surface area contributed by atoms with Crippen molar-refractivity contribution in [3.8, 4) is 23.5 Å². The van der Waals surface area contributed by atoms with Gasteiger partial charge in [-0.15, -0.1) is 6.42 Å². The average Bonchev–Trinajstić information content (AvgIpc) is 3.42. The molecule has 1 fully saturated rings. The quantitative estimate of drug-likeness (QED) is 0.636. The molecule has 2 unspecified atom stereocenters. The van der Waals surface area contributed by atoms with Crippen molar-refractivity contribution in [2.75, 3.05) is 13.2 Å². The lowest BCUT2D eigenvalue weighted by Gasteiger charge is -2.26. The number of hydrogen-bond donors (Lipinski definition) is 2. The maximum absolute atomic E-state index is 13.0. The van der Waals surface area contributed by atoms with Crippen molar-refractivity contribution < 1.29 is 24.2 Å². The molecule has 2 amide bonds. The summed E-state index contributed by atoms with van der Waals surface area (Å²) in [5, 5.41) is 11.7. The van der Waals surface area contributed by atoms with Gasteiger partial charge in [0.2, 0.25) is 5.91 Å². The van der Waals surface area contributed by atoms with E-state index in [0.717, 1.165) is 28.7 Å². The van der Waals surface area contributed by atoms with Crippen LogP contribution in [0, 0.1) is 12.3 Å². The summed E-state index contributed by atoms with van der Waals surface area (Å²) >= 11 is 0. The first-order valence-electron chi connectivity index (χ1n) is 11.1. The van der Waals surface area contributed by atoms with Crippen LogP contribution in [0.3, 0.4) is 0 Å². The molecule has 2 N–H and O–H groups in total. The first-order valence-corrected chi connectivity index (χ1v) is 11.1. The Bertz CT molecular complexity index is 1060. The number of hydrogen-bond acceptors (Lipinski definition) is 4. The van der Waals surface area contributed by atoms with E-state index in [2.05, 4.69) is 11.2 Å². The Morgan fingerprint density at radius 2 is 1.76 bits per heavy atom. The van der Waals surface area contributed by atoms with Crippen LogP contribution in [0.4, 0.5) is 4.79 Å². The predicted molar refractivity (Wildman–Crippen MR) is 122 cm³/mol. The highest BCUT2D eigenvalue weighted by molar-refractivity contribution is 5.87. The van der Waals surface area contributed by atoms with Crippen molar-refractivity contribution in [1.29, 1.82) is 0 Å². The maximum Gasteiger partial charge on any atom is 0.407 e. The van der Waals surface area contributed by atoms with E-state index in [9.17, 15) is 14.4 Å². The highest BCUT2D eigenvalue weighted by atomic mass is 16.5. The minimum absolute atomic E-state index is 0.0356. The Balaban J connectivity index is 1.44. The summed E-state index contributed by atoms with van der Waals surface area (Å²) in [5.74, 6) is 1.07. The van der Waals surface area contributed by atoms with Crippen LogP contribution in [0.5, 0.6) is 0 Å². The smallest absolute Gasteiger partial charge is 0.407 e. The van der Waals surface area contributed by atoms with Gasteiger partial charge < -0.3 is 20.1 Å². The van der Waals surface area contributed by atoms with Gasteiger partial charge >= 0.3 is 12.1 Å². The first kappa shape index (κ1) is 22.4. The van der Waals surface area contributed by atoms with E-state index >= 15 is 0 Å². The molecular weight excluding hydrogens is 420 g/mol. The van der Waals surface area contributed by atoms with Gasteiger partial charge in [0.1, 0.15) is 12.6 Å². The summed E-state index contributed by atoms with van der Waals surface area (Å²) < 4.78 is 5.53. The van der Waals surface area contributed by atoms with Gasteiger partial charge in [-0.05, 0) is 41.5 Å². The van der Waals surface area contributed by atoms with Gasteiger partial charge in [0.15, 0.2) is 0 Å². The number of fused-ring (bicyclic) bond motifs is 3. The second-order valence-electron chi connectivity index (χ2n) is 8.31. The Morgan fingerprint density at radius 1 is 1.12 bits per heavy atom. The van der Waals surface area contributed by atoms with Gasteiger partial charge in [-0.3, -0.25) is 9.59 Å². The van der Waals surface area contributed by atoms with Gasteiger partial charge in [0.05, 0.1) is 6.04 Å². The lowest BCUT2D eigenvalue weighted by Crippen LogP contribution is -2.50. The molecule has 1 aliphatic carbocycles. The van der Waals surface area contributed by atoms with Crippen molar-refractivity contribution in [2.45, 2.75) is 43.7 Å². The van der Waals surface area contributed by atoms with E-state index in [4.69, 9.17) is 16.3 Å². The van der Waals surface area contributed by atoms with Crippen LogP contribution in [-0.4, -0.2) is 53.2 Å². The Kier molecular flexibility index (Phi) is 6.64. The van der Waals surface area contributed by atoms with E-state index in [0.29, 0.717) is 13.0 Å². The number of amides is 2. The van der Waals surface area contributed by atoms with Crippen molar-refractivity contribution in [3.05, 3.63) is 59.7 Å². The number of terminal acetylenes is 1. The summed E-state index contributed by atoms with van der Waals surface area (Å²) in [6.45, 7) is 0.597. The van der Waals surface area contributed by atoms with Gasteiger partial charge in [0, 0.05) is 18.9 Å². The Morgan fingerprint density at radius 3 is 2.36 bits per heavy atom. The maximum atomic E-state index is 13.0. The highest BCUT2D eigenvalue weighted by Crippen LogP contribution is 2.44. The molecule has 7 heteroatoms. The number of carbonyl (C=O) groups is 3. The number of alkyl carbamates (subject to hydrolysis) is 1. The fraction of sp³-hybridized carbons (Fsp3) is 0.346. The molecular formula is C26H26N2O5. The van der Waals surface area contributed by atoms with Crippen LogP contribution in [0.25, 0.3) is 11.1 Å². The summed E-state index contributed by atoms with van der Waals surface area (Å²) in [6.07, 6.45) is 5.96. The van der Waals surface area contributed by atoms with Gasteiger partial charge in [-0.25, -0.2) is 4.79 Å². The molecule has 1 heterocycles. The number of nitrogens with one attached hydrogen (secondary N) is 1. The molecule has 1 saturated heterocycles. The second-order valence-corrected chi connectivity index (χ2v) is 8.31. The molecule has 1 aliphatic heterocycles. The van der Waals surface area contributed by atoms with Crippen molar-refractivity contribution in [2.24, 2.45) is 0 Å². The molecule has 0 aromatic heterocycles. The highest BCUT2D eigenvalue weighted by Gasteiger charge is 2.34. The van der Waals surface area contributed by atoms with Gasteiger partial charge in [0.25, 0.3) is 0 Å². The zero-order valence-electron chi connectivity index (χ0n) is 18.2. The number of carbonyl (C=O) groups excluding carboxylic acids is 2. The Labute approximate surface area is 192 Å². The molecule has 2 aromatic rings. The molecule has 170 valence electrons. The minimum atomic E-state index is -1.04. The first-order chi connectivity index (χ1) is 16.0. The van der Waals surface area contributed by atoms with Gasteiger partial charge in [-0.1, -0.05) is 54.5 Å². The summed E-state index contributed by atoms with van der Waals surface area (Å²) in [6, 6.07) is 14.7. The third-order valence-electron chi connectivity index (χ3n) is 6.31. The third kappa shape index (κ3) is 4.70. The molecule has 0 saturated carbocycles. The third-order valence-corrected chi connectivity index (χ3v) is 6.31. The number of rotatable bonds is 7. The van der Waals surface area contributed by atoms with Crippen LogP contribution in [0.1, 0.15) is 42.7 Å². The number of ether oxygens (including phenoxy) is 1. The summed E-state index contributed by atoms with van der Waals surface area (Å²) in [4.78, 5) is 38.3. The lowest BCUT2D eigenvalue weighted by atomic mass is 9.98. The molecule has 0 bridgehead atoms. The molecule has 2 atom stereocenters. The van der Waals surface area contributed by atoms with E-state index in [1.54, 1.807) is 0 Å². The summed E-state index contributed by atoms with van der Waals surface area (Å²) in [7, 11) is 0. The topological polar surface area (TPSA) is 95.9 Å². The van der Waals surface area contributed by atoms with Crippen LogP contribution < -0.4 is 5.32 Å². The predicted octanol–water partition coefficient (Wildman–Crippen LogP) is 3.38. The summed E-state index contributed by atoms with van der Waals surface area (Å²) in [5.41, 5.74) is 4.40. The molecule has 33 heavy (non-hydrogen) atoms. The number of carboxylic acids is 1. The van der Waals surface area contributed by atoms with Crippen molar-refractivity contribution in [3.63, 3.8) is 0 Å². The van der Waals surface area contributed by atoms with E-state index in [1.807, 2.05) is 48.5 Å². The number of likely N-dealkylation sites (tertiary alicyclic amines) is 1. The number of aliphatic carboxylic acids is 1. The molecule has 0 spiro atoms. The van der Waals surface area contributed by atoms with Crippen LogP contribution in [-0.2, 0) is 14.3 Å². The zero-order valence-corrected chi connectivity index (χ0v) is 18.2. The normalized spacial score (nSPS) is 17.5. The second kappa shape index (κ2) is 9.78. The number of benzene rings is 2. The van der Waals surface area contributed by atoms with Crippen molar-refractivity contribution >= 4 is 18.0 Å². The fourth-order valence-electron chi connectivity index (χ4n) is 4.71. The molecule has 2 aromatic carbocycles. The Hall–Kier alpha value is -3.79. The largest absolute Gasteiger partial charge is 0.481 e. The van der Waals surface area contributed by atoms with Crippen LogP contribution >= 0.6 is 0 Å². The molecule has 4 rings (SSSR count). The SMILES string of the molecule is C#CC1CCCN1C(=O)C(CCC(=O)O)NC(=O)OCC1c2ccccc2-c2ccccc21. The number of carboxylic acid groups (broad SMARTS) is 1.